The van der Waals surface area contributed by atoms with Crippen LogP contribution in [-0.2, 0) is 4.79 Å². The maximum atomic E-state index is 14.6. The molecule has 3 aromatic rings. The second-order valence-corrected chi connectivity index (χ2v) is 9.57. The molecule has 2 aromatic carbocycles. The number of carbonyl (C=O) groups excluding carboxylic acids is 1. The average molecular weight is 486 g/mol. The minimum absolute atomic E-state index is 0.0813. The molecule has 0 aliphatic carbocycles. The van der Waals surface area contributed by atoms with Gasteiger partial charge in [-0.3, -0.25) is 4.79 Å². The van der Waals surface area contributed by atoms with Crippen LogP contribution in [0.5, 0.6) is 0 Å². The molecule has 3 atom stereocenters. The van der Waals surface area contributed by atoms with Gasteiger partial charge in [-0.2, -0.15) is 0 Å². The molecule has 0 radical (unpaired) electrons. The van der Waals surface area contributed by atoms with E-state index in [1.165, 1.54) is 6.07 Å². The first kappa shape index (κ1) is 23.1. The van der Waals surface area contributed by atoms with E-state index in [4.69, 9.17) is 11.6 Å². The van der Waals surface area contributed by atoms with Crippen LogP contribution in [0, 0.1) is 5.82 Å². The van der Waals surface area contributed by atoms with Gasteiger partial charge >= 0.3 is 0 Å². The Hall–Kier alpha value is -2.68. The fourth-order valence-electron chi connectivity index (χ4n) is 5.14. The van der Waals surface area contributed by atoms with Gasteiger partial charge in [0, 0.05) is 35.9 Å². The SMILES string of the molecule is CC(c1ccc(Cl)cc1F)n1cnc2ccc(N3CCN(C(=O)C4CCCN4)[C@H](CO)C3)cc21. The third-order valence-electron chi connectivity index (χ3n) is 7.09. The van der Waals surface area contributed by atoms with E-state index < -0.39 is 0 Å². The molecule has 1 amide bonds. The monoisotopic (exact) mass is 485 g/mol. The maximum Gasteiger partial charge on any atom is 0.240 e. The average Bonchev–Trinajstić information content (AvgIpc) is 3.53. The number of hydrogen-bond donors (Lipinski definition) is 2. The number of fused-ring (bicyclic) bond motifs is 1. The summed E-state index contributed by atoms with van der Waals surface area (Å²) in [5.74, 6) is -0.259. The molecule has 9 heteroatoms. The minimum atomic E-state index is -0.346. The van der Waals surface area contributed by atoms with Crippen molar-refractivity contribution < 1.29 is 14.3 Å². The predicted molar refractivity (Wildman–Crippen MR) is 131 cm³/mol. The summed E-state index contributed by atoms with van der Waals surface area (Å²) in [7, 11) is 0. The van der Waals surface area contributed by atoms with Gasteiger partial charge < -0.3 is 24.8 Å². The van der Waals surface area contributed by atoms with Crippen molar-refractivity contribution in [3.63, 3.8) is 0 Å². The molecular formula is C25H29ClFN5O2. The van der Waals surface area contributed by atoms with Crippen LogP contribution in [-0.4, -0.2) is 70.3 Å². The maximum absolute atomic E-state index is 14.6. The van der Waals surface area contributed by atoms with Crippen LogP contribution in [0.2, 0.25) is 5.02 Å². The highest BCUT2D eigenvalue weighted by Crippen LogP contribution is 2.30. The van der Waals surface area contributed by atoms with E-state index in [-0.39, 0.29) is 36.5 Å². The highest BCUT2D eigenvalue weighted by molar-refractivity contribution is 6.30. The molecule has 2 fully saturated rings. The van der Waals surface area contributed by atoms with Crippen molar-refractivity contribution in [2.24, 2.45) is 0 Å². The zero-order valence-corrected chi connectivity index (χ0v) is 19.9. The lowest BCUT2D eigenvalue weighted by Gasteiger charge is -2.42. The van der Waals surface area contributed by atoms with Crippen molar-refractivity contribution in [2.75, 3.05) is 37.7 Å². The fraction of sp³-hybridized carbons (Fsp3) is 0.440. The Morgan fingerprint density at radius 1 is 1.29 bits per heavy atom. The van der Waals surface area contributed by atoms with Crippen molar-refractivity contribution >= 4 is 34.2 Å². The fourth-order valence-corrected chi connectivity index (χ4v) is 5.30. The van der Waals surface area contributed by atoms with E-state index in [2.05, 4.69) is 21.3 Å². The van der Waals surface area contributed by atoms with Gasteiger partial charge in [-0.25, -0.2) is 9.37 Å². The molecule has 3 heterocycles. The van der Waals surface area contributed by atoms with Crippen molar-refractivity contribution in [3.05, 3.63) is 59.1 Å². The smallest absolute Gasteiger partial charge is 0.240 e. The molecule has 180 valence electrons. The van der Waals surface area contributed by atoms with Crippen molar-refractivity contribution in [2.45, 2.75) is 37.9 Å². The molecule has 5 rings (SSSR count). The number of aliphatic hydroxyl groups excluding tert-OH is 1. The summed E-state index contributed by atoms with van der Waals surface area (Å²) >= 11 is 5.93. The van der Waals surface area contributed by atoms with Crippen LogP contribution >= 0.6 is 11.6 Å². The van der Waals surface area contributed by atoms with Gasteiger partial charge in [0.05, 0.1) is 42.1 Å². The third-order valence-corrected chi connectivity index (χ3v) is 7.32. The summed E-state index contributed by atoms with van der Waals surface area (Å²) in [6.45, 7) is 4.51. The molecule has 0 saturated carbocycles. The number of anilines is 1. The summed E-state index contributed by atoms with van der Waals surface area (Å²) in [5, 5.41) is 13.7. The van der Waals surface area contributed by atoms with Crippen molar-refractivity contribution in [1.82, 2.24) is 19.8 Å². The van der Waals surface area contributed by atoms with Gasteiger partial charge in [-0.1, -0.05) is 17.7 Å². The number of rotatable bonds is 5. The third kappa shape index (κ3) is 4.26. The molecule has 2 aliphatic heterocycles. The van der Waals surface area contributed by atoms with Gasteiger partial charge in [-0.15, -0.1) is 0 Å². The number of piperazine rings is 1. The van der Waals surface area contributed by atoms with E-state index in [9.17, 15) is 14.3 Å². The number of aliphatic hydroxyl groups is 1. The van der Waals surface area contributed by atoms with E-state index in [0.717, 1.165) is 36.1 Å². The second kappa shape index (κ2) is 9.52. The largest absolute Gasteiger partial charge is 0.394 e. The summed E-state index contributed by atoms with van der Waals surface area (Å²) in [5.41, 5.74) is 3.25. The molecule has 7 nitrogen and oxygen atoms in total. The lowest BCUT2D eigenvalue weighted by molar-refractivity contribution is -0.136. The van der Waals surface area contributed by atoms with Crippen LogP contribution < -0.4 is 10.2 Å². The molecule has 0 spiro atoms. The van der Waals surface area contributed by atoms with Crippen LogP contribution in [0.1, 0.15) is 31.4 Å². The molecule has 2 N–H and O–H groups in total. The molecule has 2 saturated heterocycles. The Morgan fingerprint density at radius 3 is 2.88 bits per heavy atom. The zero-order chi connectivity index (χ0) is 23.8. The standard InChI is InChI=1S/C25H29ClFN5O2/c1-16(20-6-4-17(26)11-21(20)27)32-15-29-22-7-5-18(12-24(22)32)30-9-10-31(19(13-30)14-33)25(34)23-3-2-8-28-23/h4-7,11-12,15-16,19,23,28,33H,2-3,8-10,13-14H2,1H3/t16?,19-,23?/m0/s1. The number of carbonyl (C=O) groups is 1. The number of hydrogen-bond acceptors (Lipinski definition) is 5. The number of aromatic nitrogens is 2. The minimum Gasteiger partial charge on any atom is -0.394 e. The molecule has 2 aliphatic rings. The first-order chi connectivity index (χ1) is 16.5. The quantitative estimate of drug-likeness (QED) is 0.580. The Labute approximate surface area is 203 Å². The first-order valence-corrected chi connectivity index (χ1v) is 12.1. The summed E-state index contributed by atoms with van der Waals surface area (Å²) in [4.78, 5) is 21.5. The Balaban J connectivity index is 1.39. The molecular weight excluding hydrogens is 457 g/mol. The number of nitrogens with one attached hydrogen (secondary N) is 1. The van der Waals surface area contributed by atoms with Crippen LogP contribution in [0.4, 0.5) is 10.1 Å². The number of halogens is 2. The summed E-state index contributed by atoms with van der Waals surface area (Å²) < 4.78 is 16.5. The number of nitrogens with zero attached hydrogens (tertiary/aromatic N) is 4. The lowest BCUT2D eigenvalue weighted by Crippen LogP contribution is -2.59. The highest BCUT2D eigenvalue weighted by Gasteiger charge is 2.35. The number of imidazole rings is 1. The Bertz CT molecular complexity index is 1200. The van der Waals surface area contributed by atoms with E-state index >= 15 is 0 Å². The van der Waals surface area contributed by atoms with Gasteiger partial charge in [0.2, 0.25) is 5.91 Å². The topological polar surface area (TPSA) is 73.6 Å². The number of amides is 1. The Kier molecular flexibility index (Phi) is 6.46. The Morgan fingerprint density at radius 2 is 2.15 bits per heavy atom. The van der Waals surface area contributed by atoms with Crippen molar-refractivity contribution in [3.8, 4) is 0 Å². The lowest BCUT2D eigenvalue weighted by atomic mass is 10.1. The summed E-state index contributed by atoms with van der Waals surface area (Å²) in [6, 6.07) is 10.1. The summed E-state index contributed by atoms with van der Waals surface area (Å²) in [6.07, 6.45) is 3.59. The van der Waals surface area contributed by atoms with E-state index in [0.29, 0.717) is 30.2 Å². The van der Waals surface area contributed by atoms with Crippen LogP contribution in [0.15, 0.2) is 42.7 Å². The normalized spacial score (nSPS) is 21.9. The van der Waals surface area contributed by atoms with Crippen LogP contribution in [0.25, 0.3) is 11.0 Å². The zero-order valence-electron chi connectivity index (χ0n) is 19.1. The number of benzene rings is 2. The first-order valence-electron chi connectivity index (χ1n) is 11.8. The molecule has 2 unspecified atom stereocenters. The molecule has 34 heavy (non-hydrogen) atoms. The predicted octanol–water partition coefficient (Wildman–Crippen LogP) is 3.20. The van der Waals surface area contributed by atoms with Gasteiger partial charge in [0.25, 0.3) is 0 Å². The van der Waals surface area contributed by atoms with Gasteiger partial charge in [-0.05, 0) is 56.6 Å². The van der Waals surface area contributed by atoms with E-state index in [1.807, 2.05) is 28.5 Å². The van der Waals surface area contributed by atoms with Crippen molar-refractivity contribution in [1.29, 1.82) is 0 Å². The second-order valence-electron chi connectivity index (χ2n) is 9.13. The molecule has 0 bridgehead atoms. The molecule has 1 aromatic heterocycles. The van der Waals surface area contributed by atoms with Gasteiger partial charge in [0.15, 0.2) is 0 Å². The van der Waals surface area contributed by atoms with E-state index in [1.54, 1.807) is 18.5 Å². The highest BCUT2D eigenvalue weighted by atomic mass is 35.5. The van der Waals surface area contributed by atoms with Crippen LogP contribution in [0.3, 0.4) is 0 Å². The van der Waals surface area contributed by atoms with Gasteiger partial charge in [0.1, 0.15) is 5.82 Å².